The van der Waals surface area contributed by atoms with Crippen LogP contribution in [0.5, 0.6) is 5.75 Å². The predicted octanol–water partition coefficient (Wildman–Crippen LogP) is 3.08. The van der Waals surface area contributed by atoms with Gasteiger partial charge in [-0.1, -0.05) is 48.5 Å². The van der Waals surface area contributed by atoms with Crippen LogP contribution in [0, 0.1) is 0 Å². The molecule has 25 heavy (non-hydrogen) atoms. The van der Waals surface area contributed by atoms with Crippen LogP contribution in [-0.2, 0) is 4.79 Å². The molecule has 1 N–H and O–H groups in total. The lowest BCUT2D eigenvalue weighted by Crippen LogP contribution is -2.47. The van der Waals surface area contributed by atoms with Crippen molar-refractivity contribution in [2.24, 2.45) is 0 Å². The fraction of sp³-hybridized carbons (Fsp3) is 0.381. The van der Waals surface area contributed by atoms with E-state index in [2.05, 4.69) is 24.1 Å². The number of carbonyl (C=O) groups excluding carboxylic acids is 1. The maximum Gasteiger partial charge on any atom is 0.222 e. The fourth-order valence-corrected chi connectivity index (χ4v) is 3.45. The van der Waals surface area contributed by atoms with Gasteiger partial charge >= 0.3 is 0 Å². The molecule has 1 unspecified atom stereocenters. The van der Waals surface area contributed by atoms with Gasteiger partial charge in [-0.15, -0.1) is 0 Å². The van der Waals surface area contributed by atoms with Crippen molar-refractivity contribution in [2.45, 2.75) is 18.8 Å². The van der Waals surface area contributed by atoms with Crippen molar-refractivity contribution in [1.29, 1.82) is 0 Å². The molecule has 1 saturated heterocycles. The van der Waals surface area contributed by atoms with Crippen LogP contribution in [0.3, 0.4) is 0 Å². The Labute approximate surface area is 149 Å². The Morgan fingerprint density at radius 3 is 2.32 bits per heavy atom. The summed E-state index contributed by atoms with van der Waals surface area (Å²) in [5, 5.41) is 10.3. The number of aromatic hydroxyl groups is 1. The molecule has 0 aromatic heterocycles. The standard InChI is InChI=1S/C21H26N2O2/c1-22-13-15-23(16-14-22)21(25)12-11-18(17-7-3-2-4-8-17)19-9-5-6-10-20(19)24/h2-10,18,24H,11-16H2,1H3. The van der Waals surface area contributed by atoms with Crippen LogP contribution in [-0.4, -0.2) is 54.0 Å². The van der Waals surface area contributed by atoms with Gasteiger partial charge in [-0.25, -0.2) is 0 Å². The number of hydrogen-bond donors (Lipinski definition) is 1. The number of amides is 1. The third-order valence-corrected chi connectivity index (χ3v) is 5.02. The summed E-state index contributed by atoms with van der Waals surface area (Å²) in [4.78, 5) is 16.8. The highest BCUT2D eigenvalue weighted by atomic mass is 16.3. The average molecular weight is 338 g/mol. The highest BCUT2D eigenvalue weighted by Crippen LogP contribution is 2.34. The maximum absolute atomic E-state index is 12.6. The number of phenolic OH excluding ortho intramolecular Hbond substituents is 1. The van der Waals surface area contributed by atoms with Gasteiger partial charge in [0.2, 0.25) is 5.91 Å². The molecule has 0 aliphatic carbocycles. The summed E-state index contributed by atoms with van der Waals surface area (Å²) in [5.74, 6) is 0.534. The molecule has 2 aromatic carbocycles. The Morgan fingerprint density at radius 1 is 1.00 bits per heavy atom. The van der Waals surface area contributed by atoms with E-state index >= 15 is 0 Å². The molecule has 0 radical (unpaired) electrons. The molecule has 0 saturated carbocycles. The fourth-order valence-electron chi connectivity index (χ4n) is 3.45. The largest absolute Gasteiger partial charge is 0.508 e. The minimum Gasteiger partial charge on any atom is -0.508 e. The molecular formula is C21H26N2O2. The van der Waals surface area contributed by atoms with Gasteiger partial charge in [0.25, 0.3) is 0 Å². The summed E-state index contributed by atoms with van der Waals surface area (Å²) < 4.78 is 0. The van der Waals surface area contributed by atoms with Crippen molar-refractivity contribution in [1.82, 2.24) is 9.80 Å². The third-order valence-electron chi connectivity index (χ3n) is 5.02. The van der Waals surface area contributed by atoms with Gasteiger partial charge in [-0.3, -0.25) is 4.79 Å². The molecule has 1 aliphatic rings. The molecular weight excluding hydrogens is 312 g/mol. The van der Waals surface area contributed by atoms with E-state index in [1.54, 1.807) is 6.07 Å². The van der Waals surface area contributed by atoms with E-state index in [4.69, 9.17) is 0 Å². The number of likely N-dealkylation sites (N-methyl/N-ethyl adjacent to an activating group) is 1. The second-order valence-electron chi connectivity index (χ2n) is 6.74. The number of phenols is 1. The first kappa shape index (κ1) is 17.5. The lowest BCUT2D eigenvalue weighted by molar-refractivity contribution is -0.132. The van der Waals surface area contributed by atoms with Crippen molar-refractivity contribution in [3.8, 4) is 5.75 Å². The summed E-state index contributed by atoms with van der Waals surface area (Å²) in [5.41, 5.74) is 2.02. The number of hydrogen-bond acceptors (Lipinski definition) is 3. The van der Waals surface area contributed by atoms with Crippen molar-refractivity contribution >= 4 is 5.91 Å². The Bertz CT molecular complexity index is 694. The second kappa shape index (κ2) is 8.17. The highest BCUT2D eigenvalue weighted by Gasteiger charge is 2.22. The summed E-state index contributed by atoms with van der Waals surface area (Å²) in [7, 11) is 2.09. The Balaban J connectivity index is 1.73. The average Bonchev–Trinajstić information content (AvgIpc) is 2.64. The quantitative estimate of drug-likeness (QED) is 0.911. The van der Waals surface area contributed by atoms with Crippen LogP contribution < -0.4 is 0 Å². The van der Waals surface area contributed by atoms with Crippen molar-refractivity contribution in [2.75, 3.05) is 33.2 Å². The zero-order valence-electron chi connectivity index (χ0n) is 14.8. The first-order valence-corrected chi connectivity index (χ1v) is 8.94. The number of rotatable bonds is 5. The Morgan fingerprint density at radius 2 is 1.64 bits per heavy atom. The number of benzene rings is 2. The first-order valence-electron chi connectivity index (χ1n) is 8.94. The molecule has 1 aliphatic heterocycles. The van der Waals surface area contributed by atoms with Crippen molar-refractivity contribution in [3.05, 3.63) is 65.7 Å². The number of para-hydroxylation sites is 1. The van der Waals surface area contributed by atoms with Gasteiger partial charge in [0.05, 0.1) is 0 Å². The van der Waals surface area contributed by atoms with Crippen LogP contribution in [0.15, 0.2) is 54.6 Å². The molecule has 0 spiro atoms. The summed E-state index contributed by atoms with van der Waals surface area (Å²) in [6, 6.07) is 17.6. The van der Waals surface area contributed by atoms with Crippen molar-refractivity contribution < 1.29 is 9.90 Å². The Kier molecular flexibility index (Phi) is 5.71. The van der Waals surface area contributed by atoms with Gasteiger partial charge in [0.1, 0.15) is 5.75 Å². The Hall–Kier alpha value is -2.33. The van der Waals surface area contributed by atoms with E-state index in [0.29, 0.717) is 18.6 Å². The number of piperazine rings is 1. The number of nitrogens with zero attached hydrogens (tertiary/aromatic N) is 2. The lowest BCUT2D eigenvalue weighted by Gasteiger charge is -2.32. The normalized spacial score (nSPS) is 16.6. The first-order chi connectivity index (χ1) is 12.1. The van der Waals surface area contributed by atoms with Gasteiger partial charge in [0, 0.05) is 44.1 Å². The van der Waals surface area contributed by atoms with Gasteiger partial charge in [0.15, 0.2) is 0 Å². The van der Waals surface area contributed by atoms with Gasteiger partial charge in [-0.05, 0) is 25.1 Å². The van der Waals surface area contributed by atoms with Gasteiger partial charge in [-0.2, -0.15) is 0 Å². The monoisotopic (exact) mass is 338 g/mol. The molecule has 3 rings (SSSR count). The van der Waals surface area contributed by atoms with E-state index in [1.165, 1.54) is 0 Å². The molecule has 4 heteroatoms. The minimum absolute atomic E-state index is 0.0267. The summed E-state index contributed by atoms with van der Waals surface area (Å²) >= 11 is 0. The maximum atomic E-state index is 12.6. The van der Waals surface area contributed by atoms with E-state index < -0.39 is 0 Å². The van der Waals surface area contributed by atoms with E-state index in [1.807, 2.05) is 41.3 Å². The number of carbonyl (C=O) groups is 1. The van der Waals surface area contributed by atoms with Crippen molar-refractivity contribution in [3.63, 3.8) is 0 Å². The molecule has 1 heterocycles. The summed E-state index contributed by atoms with van der Waals surface area (Å²) in [6.07, 6.45) is 1.20. The van der Waals surface area contributed by atoms with E-state index in [-0.39, 0.29) is 11.8 Å². The van der Waals surface area contributed by atoms with Gasteiger partial charge < -0.3 is 14.9 Å². The molecule has 0 bridgehead atoms. The van der Waals surface area contributed by atoms with Crippen LogP contribution in [0.4, 0.5) is 0 Å². The molecule has 132 valence electrons. The van der Waals surface area contributed by atoms with E-state index in [0.717, 1.165) is 37.3 Å². The van der Waals surface area contributed by atoms with Crippen LogP contribution >= 0.6 is 0 Å². The molecule has 2 aromatic rings. The molecule has 1 atom stereocenters. The zero-order chi connectivity index (χ0) is 17.6. The second-order valence-corrected chi connectivity index (χ2v) is 6.74. The zero-order valence-corrected chi connectivity index (χ0v) is 14.8. The van der Waals surface area contributed by atoms with E-state index in [9.17, 15) is 9.90 Å². The predicted molar refractivity (Wildman–Crippen MR) is 99.7 cm³/mol. The summed E-state index contributed by atoms with van der Waals surface area (Å²) in [6.45, 7) is 3.49. The smallest absolute Gasteiger partial charge is 0.222 e. The lowest BCUT2D eigenvalue weighted by atomic mass is 9.86. The van der Waals surface area contributed by atoms with Crippen LogP contribution in [0.2, 0.25) is 0 Å². The molecule has 1 fully saturated rings. The van der Waals surface area contributed by atoms with Crippen LogP contribution in [0.25, 0.3) is 0 Å². The third kappa shape index (κ3) is 4.40. The minimum atomic E-state index is 0.0267. The topological polar surface area (TPSA) is 43.8 Å². The highest BCUT2D eigenvalue weighted by molar-refractivity contribution is 5.76. The van der Waals surface area contributed by atoms with Crippen LogP contribution in [0.1, 0.15) is 29.9 Å². The molecule has 4 nitrogen and oxygen atoms in total. The molecule has 1 amide bonds. The SMILES string of the molecule is CN1CCN(C(=O)CCC(c2ccccc2)c2ccccc2O)CC1.